The summed E-state index contributed by atoms with van der Waals surface area (Å²) in [4.78, 5) is 6.31. The molecule has 2 aromatic rings. The van der Waals surface area contributed by atoms with Gasteiger partial charge in [-0.25, -0.2) is 0 Å². The van der Waals surface area contributed by atoms with Crippen LogP contribution in [0.2, 0.25) is 10.0 Å². The highest BCUT2D eigenvalue weighted by atomic mass is 35.5. The zero-order chi connectivity index (χ0) is 15.2. The van der Waals surface area contributed by atoms with Crippen molar-refractivity contribution in [3.8, 4) is 0 Å². The Bertz CT molecular complexity index is 555. The van der Waals surface area contributed by atoms with Gasteiger partial charge < -0.3 is 5.73 Å². The third kappa shape index (κ3) is 3.95. The highest BCUT2D eigenvalue weighted by Crippen LogP contribution is 2.33. The fourth-order valence-electron chi connectivity index (χ4n) is 2.44. The van der Waals surface area contributed by atoms with Gasteiger partial charge >= 0.3 is 0 Å². The van der Waals surface area contributed by atoms with Crippen molar-refractivity contribution in [2.75, 3.05) is 13.1 Å². The molecular formula is C16H19Cl2N3. The first-order valence-electron chi connectivity index (χ1n) is 6.94. The van der Waals surface area contributed by atoms with E-state index in [-0.39, 0.29) is 6.04 Å². The summed E-state index contributed by atoms with van der Waals surface area (Å²) in [5.74, 6) is 0. The third-order valence-corrected chi connectivity index (χ3v) is 4.20. The maximum Gasteiger partial charge on any atom is 0.0503 e. The van der Waals surface area contributed by atoms with Gasteiger partial charge in [0.2, 0.25) is 0 Å². The lowest BCUT2D eigenvalue weighted by Gasteiger charge is -2.31. The smallest absolute Gasteiger partial charge is 0.0503 e. The van der Waals surface area contributed by atoms with E-state index in [1.54, 1.807) is 12.4 Å². The van der Waals surface area contributed by atoms with Gasteiger partial charge in [0.05, 0.1) is 6.04 Å². The molecule has 1 heterocycles. The van der Waals surface area contributed by atoms with Crippen molar-refractivity contribution in [1.29, 1.82) is 0 Å². The molecule has 0 amide bonds. The maximum absolute atomic E-state index is 6.33. The summed E-state index contributed by atoms with van der Waals surface area (Å²) in [5.41, 5.74) is 8.09. The summed E-state index contributed by atoms with van der Waals surface area (Å²) in [5, 5.41) is 1.32. The van der Waals surface area contributed by atoms with Crippen LogP contribution in [0.3, 0.4) is 0 Å². The molecule has 0 saturated carbocycles. The summed E-state index contributed by atoms with van der Waals surface area (Å²) < 4.78 is 0. The second kappa shape index (κ2) is 7.76. The Labute approximate surface area is 135 Å². The first-order valence-corrected chi connectivity index (χ1v) is 7.69. The molecule has 0 bridgehead atoms. The van der Waals surface area contributed by atoms with Crippen molar-refractivity contribution in [3.05, 3.63) is 63.9 Å². The fourth-order valence-corrected chi connectivity index (χ4v) is 3.09. The number of halogens is 2. The van der Waals surface area contributed by atoms with Gasteiger partial charge in [0.25, 0.3) is 0 Å². The Balaban J connectivity index is 2.29. The number of nitrogens with zero attached hydrogens (tertiary/aromatic N) is 2. The number of hydrogen-bond acceptors (Lipinski definition) is 3. The molecule has 0 aliphatic heterocycles. The van der Waals surface area contributed by atoms with Gasteiger partial charge in [-0.2, -0.15) is 0 Å². The molecule has 3 nitrogen and oxygen atoms in total. The molecule has 1 unspecified atom stereocenters. The predicted octanol–water partition coefficient (Wildman–Crippen LogP) is 3.91. The fraction of sp³-hybridized carbons (Fsp3) is 0.312. The maximum atomic E-state index is 6.33. The number of aromatic nitrogens is 1. The van der Waals surface area contributed by atoms with Gasteiger partial charge in [0, 0.05) is 41.1 Å². The molecule has 0 radical (unpaired) electrons. The number of likely N-dealkylation sites (N-methyl/N-ethyl adjacent to an activating group) is 1. The second-order valence-corrected chi connectivity index (χ2v) is 5.62. The lowest BCUT2D eigenvalue weighted by atomic mass is 10.0. The number of benzene rings is 1. The number of rotatable bonds is 6. The molecule has 1 aromatic heterocycles. The Morgan fingerprint density at radius 1 is 1.14 bits per heavy atom. The van der Waals surface area contributed by atoms with Crippen molar-refractivity contribution in [1.82, 2.24) is 9.88 Å². The minimum absolute atomic E-state index is 0.00985. The number of hydrogen-bond donors (Lipinski definition) is 1. The lowest BCUT2D eigenvalue weighted by molar-refractivity contribution is 0.203. The van der Waals surface area contributed by atoms with E-state index in [0.29, 0.717) is 16.6 Å². The first-order chi connectivity index (χ1) is 10.2. The molecule has 112 valence electrons. The second-order valence-electron chi connectivity index (χ2n) is 4.81. The first kappa shape index (κ1) is 16.2. The third-order valence-electron chi connectivity index (χ3n) is 3.54. The molecule has 0 aliphatic rings. The van der Waals surface area contributed by atoms with Crippen molar-refractivity contribution in [2.24, 2.45) is 5.73 Å². The van der Waals surface area contributed by atoms with Crippen molar-refractivity contribution < 1.29 is 0 Å². The lowest BCUT2D eigenvalue weighted by Crippen LogP contribution is -2.33. The summed E-state index contributed by atoms with van der Waals surface area (Å²) >= 11 is 12.7. The van der Waals surface area contributed by atoms with Crippen LogP contribution in [0, 0.1) is 0 Å². The minimum Gasteiger partial charge on any atom is -0.329 e. The zero-order valence-electron chi connectivity index (χ0n) is 12.0. The zero-order valence-corrected chi connectivity index (χ0v) is 13.5. The normalized spacial score (nSPS) is 12.6. The minimum atomic E-state index is -0.00985. The number of nitrogens with two attached hydrogens (primary N) is 1. The van der Waals surface area contributed by atoms with Crippen molar-refractivity contribution in [2.45, 2.75) is 19.5 Å². The molecule has 0 spiro atoms. The summed E-state index contributed by atoms with van der Waals surface area (Å²) in [6, 6.07) is 9.55. The van der Waals surface area contributed by atoms with Crippen LogP contribution in [0.1, 0.15) is 24.1 Å². The van der Waals surface area contributed by atoms with Crippen LogP contribution < -0.4 is 5.73 Å². The van der Waals surface area contributed by atoms with E-state index in [1.807, 2.05) is 30.3 Å². The summed E-state index contributed by atoms with van der Waals surface area (Å²) in [6.45, 7) is 4.20. The van der Waals surface area contributed by atoms with E-state index in [1.165, 1.54) is 5.56 Å². The van der Waals surface area contributed by atoms with Gasteiger partial charge in [0.15, 0.2) is 0 Å². The molecule has 5 heteroatoms. The highest BCUT2D eigenvalue weighted by Gasteiger charge is 2.22. The SMILES string of the molecule is CCN(Cc1ccncc1)C(CN)c1c(Cl)cccc1Cl. The van der Waals surface area contributed by atoms with Crippen LogP contribution in [-0.2, 0) is 6.54 Å². The van der Waals surface area contributed by atoms with Crippen molar-refractivity contribution in [3.63, 3.8) is 0 Å². The van der Waals surface area contributed by atoms with E-state index < -0.39 is 0 Å². The molecule has 1 aromatic carbocycles. The standard InChI is InChI=1S/C16H19Cl2N3/c1-2-21(11-12-6-8-20-9-7-12)15(10-19)16-13(17)4-3-5-14(16)18/h3-9,15H,2,10-11,19H2,1H3. The molecule has 0 fully saturated rings. The van der Waals surface area contributed by atoms with Gasteiger partial charge in [0.1, 0.15) is 0 Å². The quantitative estimate of drug-likeness (QED) is 0.876. The summed E-state index contributed by atoms with van der Waals surface area (Å²) in [7, 11) is 0. The Kier molecular flexibility index (Phi) is 6.00. The average Bonchev–Trinajstić information content (AvgIpc) is 2.50. The Morgan fingerprint density at radius 2 is 1.76 bits per heavy atom. The Morgan fingerprint density at radius 3 is 2.29 bits per heavy atom. The molecule has 2 rings (SSSR count). The largest absolute Gasteiger partial charge is 0.329 e. The molecule has 2 N–H and O–H groups in total. The Hall–Kier alpha value is -1.13. The average molecular weight is 324 g/mol. The van der Waals surface area contributed by atoms with E-state index >= 15 is 0 Å². The van der Waals surface area contributed by atoms with Gasteiger partial charge in [-0.05, 0) is 36.4 Å². The van der Waals surface area contributed by atoms with E-state index in [9.17, 15) is 0 Å². The van der Waals surface area contributed by atoms with Crippen LogP contribution in [0.4, 0.5) is 0 Å². The van der Waals surface area contributed by atoms with Crippen LogP contribution in [0.5, 0.6) is 0 Å². The van der Waals surface area contributed by atoms with Gasteiger partial charge in [-0.3, -0.25) is 9.88 Å². The summed E-state index contributed by atoms with van der Waals surface area (Å²) in [6.07, 6.45) is 3.59. The monoisotopic (exact) mass is 323 g/mol. The van der Waals surface area contributed by atoms with Crippen LogP contribution in [0.15, 0.2) is 42.7 Å². The van der Waals surface area contributed by atoms with Crippen LogP contribution in [-0.4, -0.2) is 23.0 Å². The van der Waals surface area contributed by atoms with Crippen molar-refractivity contribution >= 4 is 23.2 Å². The van der Waals surface area contributed by atoms with E-state index in [2.05, 4.69) is 16.8 Å². The molecular weight excluding hydrogens is 305 g/mol. The topological polar surface area (TPSA) is 42.2 Å². The van der Waals surface area contributed by atoms with Crippen LogP contribution in [0.25, 0.3) is 0 Å². The highest BCUT2D eigenvalue weighted by molar-refractivity contribution is 6.36. The van der Waals surface area contributed by atoms with Crippen LogP contribution >= 0.6 is 23.2 Å². The molecule has 21 heavy (non-hydrogen) atoms. The predicted molar refractivity (Wildman–Crippen MR) is 88.6 cm³/mol. The van der Waals surface area contributed by atoms with Gasteiger partial charge in [-0.1, -0.05) is 36.2 Å². The molecule has 0 saturated heterocycles. The number of pyridine rings is 1. The van der Waals surface area contributed by atoms with E-state index in [0.717, 1.165) is 18.7 Å². The van der Waals surface area contributed by atoms with E-state index in [4.69, 9.17) is 28.9 Å². The molecule has 1 atom stereocenters. The van der Waals surface area contributed by atoms with Gasteiger partial charge in [-0.15, -0.1) is 0 Å². The molecule has 0 aliphatic carbocycles.